The predicted molar refractivity (Wildman–Crippen MR) is 162 cm³/mol. The third-order valence-corrected chi connectivity index (χ3v) is 7.16. The third kappa shape index (κ3) is 5.15. The molecule has 0 atom stereocenters. The van der Waals surface area contributed by atoms with Gasteiger partial charge in [0.15, 0.2) is 0 Å². The zero-order valence-corrected chi connectivity index (χ0v) is 25.5. The Kier molecular flexibility index (Phi) is 7.80. The number of pyridine rings is 1. The maximum atomic E-state index is 4.22. The Morgan fingerprint density at radius 1 is 0.700 bits per heavy atom. The van der Waals surface area contributed by atoms with Gasteiger partial charge in [0.25, 0.3) is 0 Å². The Morgan fingerprint density at radius 2 is 1.43 bits per heavy atom. The van der Waals surface area contributed by atoms with E-state index < -0.39 is 0 Å². The molecule has 0 N–H and O–H groups in total. The van der Waals surface area contributed by atoms with Gasteiger partial charge in [-0.2, -0.15) is 18.2 Å². The molecular weight excluding hydrogens is 669 g/mol. The van der Waals surface area contributed by atoms with Crippen molar-refractivity contribution in [3.05, 3.63) is 134 Å². The summed E-state index contributed by atoms with van der Waals surface area (Å²) in [6, 6.07) is 41.8. The summed E-state index contributed by atoms with van der Waals surface area (Å²) >= 11 is 0. The predicted octanol–water partition coefficient (Wildman–Crippen LogP) is 8.82. The van der Waals surface area contributed by atoms with Gasteiger partial charge in [0.05, 0.1) is 11.4 Å². The molecule has 3 heterocycles. The Labute approximate surface area is 251 Å². The molecule has 0 spiro atoms. The Morgan fingerprint density at radius 3 is 2.12 bits per heavy atom. The van der Waals surface area contributed by atoms with Crippen LogP contribution in [0.5, 0.6) is 0 Å². The molecule has 4 aromatic carbocycles. The van der Waals surface area contributed by atoms with E-state index in [-0.39, 0.29) is 25.5 Å². The molecule has 0 saturated heterocycles. The molecule has 5 heteroatoms. The summed E-state index contributed by atoms with van der Waals surface area (Å²) in [5.41, 5.74) is 10.6. The Hall–Kier alpha value is -3.92. The fraction of sp³-hybridized carbons (Fsp3) is 0.143. The average molecular weight is 700 g/mol. The number of rotatable bonds is 2. The van der Waals surface area contributed by atoms with Crippen molar-refractivity contribution in [2.24, 2.45) is 0 Å². The summed E-state index contributed by atoms with van der Waals surface area (Å²) < 4.78 is 0. The summed E-state index contributed by atoms with van der Waals surface area (Å²) in [4.78, 5) is 11.0. The zero-order chi connectivity index (χ0) is 27.0. The van der Waals surface area contributed by atoms with Gasteiger partial charge in [-0.15, -0.1) is 48.6 Å². The molecule has 0 saturated carbocycles. The smallest absolute Gasteiger partial charge is 0.490 e. The van der Waals surface area contributed by atoms with Crippen LogP contribution >= 0.6 is 0 Å². The van der Waals surface area contributed by atoms with Crippen molar-refractivity contribution >= 4 is 34.1 Å². The van der Waals surface area contributed by atoms with Crippen molar-refractivity contribution in [2.75, 3.05) is 21.7 Å². The molecule has 0 bridgehead atoms. The van der Waals surface area contributed by atoms with Gasteiger partial charge in [-0.05, 0) is 59.7 Å². The second kappa shape index (κ2) is 11.3. The molecule has 200 valence electrons. The largest absolute Gasteiger partial charge is 3.00 e. The molecule has 1 aromatic heterocycles. The number of benzene rings is 4. The minimum Gasteiger partial charge on any atom is -0.490 e. The van der Waals surface area contributed by atoms with E-state index in [2.05, 4.69) is 115 Å². The van der Waals surface area contributed by atoms with E-state index in [1.165, 1.54) is 34.0 Å². The SMILES string of the molecule is CN1c2ccc[c-]c2N2[CH-]N(c3ccc(C(C)(C)C)cc3)c3cccc1c32.[Ir+3].[c-]1ccccc1-c1ccccn1. The molecule has 7 rings (SSSR count). The van der Waals surface area contributed by atoms with Crippen LogP contribution < -0.4 is 14.7 Å². The van der Waals surface area contributed by atoms with E-state index in [4.69, 9.17) is 0 Å². The van der Waals surface area contributed by atoms with Gasteiger partial charge in [0.2, 0.25) is 0 Å². The number of aromatic nitrogens is 1. The van der Waals surface area contributed by atoms with Crippen LogP contribution in [0.15, 0.2) is 109 Å². The molecule has 0 unspecified atom stereocenters. The van der Waals surface area contributed by atoms with Crippen LogP contribution in [0.1, 0.15) is 26.3 Å². The minimum absolute atomic E-state index is 0. The first kappa shape index (κ1) is 27.6. The molecule has 0 aliphatic carbocycles. The summed E-state index contributed by atoms with van der Waals surface area (Å²) in [6.45, 7) is 8.93. The summed E-state index contributed by atoms with van der Waals surface area (Å²) in [5, 5.41) is 0. The Bertz CT molecular complexity index is 1540. The van der Waals surface area contributed by atoms with E-state index in [0.717, 1.165) is 16.9 Å². The van der Waals surface area contributed by atoms with Gasteiger partial charge in [-0.1, -0.05) is 56.8 Å². The van der Waals surface area contributed by atoms with Crippen molar-refractivity contribution < 1.29 is 20.1 Å². The van der Waals surface area contributed by atoms with Crippen LogP contribution in [0.3, 0.4) is 0 Å². The van der Waals surface area contributed by atoms with E-state index in [1.807, 2.05) is 54.6 Å². The molecule has 40 heavy (non-hydrogen) atoms. The van der Waals surface area contributed by atoms with Crippen LogP contribution in [0, 0.1) is 18.8 Å². The van der Waals surface area contributed by atoms with E-state index in [0.29, 0.717) is 0 Å². The topological polar surface area (TPSA) is 22.6 Å². The number of anilines is 6. The summed E-state index contributed by atoms with van der Waals surface area (Å²) in [6.07, 6.45) is 1.79. The van der Waals surface area contributed by atoms with Crippen LogP contribution in [-0.4, -0.2) is 12.0 Å². The maximum Gasteiger partial charge on any atom is 3.00 e. The maximum absolute atomic E-state index is 4.22. The average Bonchev–Trinajstić information content (AvgIpc) is 3.37. The van der Waals surface area contributed by atoms with Gasteiger partial charge in [-0.3, -0.25) is 0 Å². The third-order valence-electron chi connectivity index (χ3n) is 7.16. The fourth-order valence-corrected chi connectivity index (χ4v) is 5.05. The minimum atomic E-state index is 0. The molecule has 0 radical (unpaired) electrons. The van der Waals surface area contributed by atoms with Gasteiger partial charge in [0.1, 0.15) is 0 Å². The van der Waals surface area contributed by atoms with E-state index in [9.17, 15) is 0 Å². The van der Waals surface area contributed by atoms with Crippen molar-refractivity contribution in [2.45, 2.75) is 26.2 Å². The molecule has 2 aliphatic rings. The zero-order valence-electron chi connectivity index (χ0n) is 23.1. The quantitative estimate of drug-likeness (QED) is 0.172. The van der Waals surface area contributed by atoms with Crippen LogP contribution in [0.4, 0.5) is 34.1 Å². The first-order chi connectivity index (χ1) is 18.9. The van der Waals surface area contributed by atoms with Crippen LogP contribution in [-0.2, 0) is 25.5 Å². The van der Waals surface area contributed by atoms with E-state index >= 15 is 0 Å². The number of fused-ring (bicyclic) bond motifs is 2. The first-order valence-corrected chi connectivity index (χ1v) is 13.2. The van der Waals surface area contributed by atoms with Gasteiger partial charge >= 0.3 is 20.1 Å². The molecular formula is C35H31IrN4. The van der Waals surface area contributed by atoms with Gasteiger partial charge < -0.3 is 19.7 Å². The van der Waals surface area contributed by atoms with Crippen LogP contribution in [0.25, 0.3) is 11.3 Å². The number of hydrogen-bond donors (Lipinski definition) is 0. The van der Waals surface area contributed by atoms with Gasteiger partial charge in [-0.25, -0.2) is 0 Å². The number of nitrogens with zero attached hydrogens (tertiary/aromatic N) is 4. The number of para-hydroxylation sites is 2. The number of hydrogen-bond acceptors (Lipinski definition) is 4. The Balaban J connectivity index is 0.000000209. The van der Waals surface area contributed by atoms with Crippen LogP contribution in [0.2, 0.25) is 0 Å². The first-order valence-electron chi connectivity index (χ1n) is 13.2. The summed E-state index contributed by atoms with van der Waals surface area (Å²) in [7, 11) is 2.13. The monoisotopic (exact) mass is 700 g/mol. The molecule has 2 aliphatic heterocycles. The summed E-state index contributed by atoms with van der Waals surface area (Å²) in [5.74, 6) is 0. The molecule has 0 fully saturated rings. The molecule has 5 aromatic rings. The van der Waals surface area contributed by atoms with E-state index in [1.54, 1.807) is 6.20 Å². The van der Waals surface area contributed by atoms with Crippen molar-refractivity contribution in [3.8, 4) is 11.3 Å². The van der Waals surface area contributed by atoms with Crippen molar-refractivity contribution in [3.63, 3.8) is 0 Å². The second-order valence-electron chi connectivity index (χ2n) is 10.8. The standard InChI is InChI=1S/C24H23N3.C11H8N.Ir/c1-24(2,3)17-12-14-18(15-13-17)26-16-27-20-9-6-5-8-19(20)25(4)21-10-7-11-22(26)23(21)27;1-2-6-10(7-3-1)11-8-4-5-9-12-11;/h5-8,10-16H,1-4H3;1-6,8-9H;/q-2;-1;+3. The fourth-order valence-electron chi connectivity index (χ4n) is 5.05. The molecule has 4 nitrogen and oxygen atoms in total. The van der Waals surface area contributed by atoms with Crippen molar-refractivity contribution in [1.29, 1.82) is 0 Å². The second-order valence-corrected chi connectivity index (χ2v) is 10.8. The molecule has 0 amide bonds. The van der Waals surface area contributed by atoms with Crippen molar-refractivity contribution in [1.82, 2.24) is 4.98 Å². The normalized spacial score (nSPS) is 13.1. The van der Waals surface area contributed by atoms with Gasteiger partial charge in [0, 0.05) is 17.6 Å².